The minimum absolute atomic E-state index is 1.16. The van der Waals surface area contributed by atoms with Gasteiger partial charge in [0.1, 0.15) is 0 Å². The Morgan fingerprint density at radius 3 is 1.25 bits per heavy atom. The molecule has 0 aliphatic heterocycles. The molecule has 0 bridgehead atoms. The topological polar surface area (TPSA) is 0 Å². The molecule has 156 valence electrons. The van der Waals surface area contributed by atoms with Gasteiger partial charge in [-0.2, -0.15) is 0 Å². The Morgan fingerprint density at radius 2 is 0.786 bits per heavy atom. The highest BCUT2D eigenvalue weighted by Gasteiger charge is 2.11. The Labute approximate surface area is 175 Å². The summed E-state index contributed by atoms with van der Waals surface area (Å²) in [5, 5.41) is 0. The summed E-state index contributed by atoms with van der Waals surface area (Å²) in [7, 11) is 0. The summed E-state index contributed by atoms with van der Waals surface area (Å²) in [5.74, 6) is 0. The largest absolute Gasteiger partial charge is 0.0795 e. The number of hydrogen-bond donors (Lipinski definition) is 0. The maximum absolute atomic E-state index is 2.56. The molecule has 0 heteroatoms. The number of fused-ring (bicyclic) bond motifs is 2. The molecule has 0 spiro atoms. The lowest BCUT2D eigenvalue weighted by atomic mass is 9.92. The summed E-state index contributed by atoms with van der Waals surface area (Å²) in [4.78, 5) is 0. The Balaban J connectivity index is 1.50. The van der Waals surface area contributed by atoms with Gasteiger partial charge >= 0.3 is 0 Å². The first-order valence-corrected chi connectivity index (χ1v) is 12.7. The van der Waals surface area contributed by atoms with Crippen molar-refractivity contribution in [1.82, 2.24) is 0 Å². The molecule has 0 atom stereocenters. The summed E-state index contributed by atoms with van der Waals surface area (Å²) in [6, 6.07) is 5.09. The Hall–Kier alpha value is -1.04. The fourth-order valence-electron chi connectivity index (χ4n) is 5.15. The van der Waals surface area contributed by atoms with Crippen LogP contribution in [0.3, 0.4) is 0 Å². The van der Waals surface area contributed by atoms with Crippen molar-refractivity contribution in [3.05, 3.63) is 40.5 Å². The zero-order valence-electron chi connectivity index (χ0n) is 18.5. The van der Waals surface area contributed by atoms with E-state index in [2.05, 4.69) is 24.3 Å². The van der Waals surface area contributed by atoms with E-state index in [1.165, 1.54) is 128 Å². The highest BCUT2D eigenvalue weighted by Crippen LogP contribution is 2.27. The standard InChI is InChI=1S/C28H44/c1-2-4-6-8-10-12-14-16-19-25-23-27-21-18-22-28(27)24-26(25)20-17-15-13-11-9-7-5-3-1/h18,21,23-24H,1-17,19-20,22H2. The van der Waals surface area contributed by atoms with Crippen molar-refractivity contribution in [3.8, 4) is 0 Å². The van der Waals surface area contributed by atoms with Crippen molar-refractivity contribution < 1.29 is 0 Å². The summed E-state index contributed by atoms with van der Waals surface area (Å²) >= 11 is 0. The number of hydrogen-bond acceptors (Lipinski definition) is 0. The SMILES string of the molecule is C1=Cc2cc3c(cc2C1)CCCCCCCCCCCCCCCCCCC3. The molecule has 3 rings (SSSR count). The van der Waals surface area contributed by atoms with Gasteiger partial charge in [0.25, 0.3) is 0 Å². The molecule has 0 fully saturated rings. The summed E-state index contributed by atoms with van der Waals surface area (Å²) in [5.41, 5.74) is 6.41. The first-order chi connectivity index (χ1) is 13.9. The molecule has 0 nitrogen and oxygen atoms in total. The lowest BCUT2D eigenvalue weighted by Gasteiger charge is -2.13. The third-order valence-electron chi connectivity index (χ3n) is 6.99. The molecule has 0 heterocycles. The first-order valence-electron chi connectivity index (χ1n) is 12.7. The monoisotopic (exact) mass is 380 g/mol. The van der Waals surface area contributed by atoms with E-state index in [-0.39, 0.29) is 0 Å². The second-order valence-corrected chi connectivity index (χ2v) is 9.44. The fourth-order valence-corrected chi connectivity index (χ4v) is 5.15. The third kappa shape index (κ3) is 7.76. The van der Waals surface area contributed by atoms with Gasteiger partial charge in [-0.25, -0.2) is 0 Å². The lowest BCUT2D eigenvalue weighted by Crippen LogP contribution is -1.99. The van der Waals surface area contributed by atoms with Crippen molar-refractivity contribution in [1.29, 1.82) is 0 Å². The predicted octanol–water partition coefficient (Wildman–Crippen LogP) is 8.99. The van der Waals surface area contributed by atoms with Crippen LogP contribution in [0.5, 0.6) is 0 Å². The summed E-state index contributed by atoms with van der Waals surface area (Å²) < 4.78 is 0. The Bertz CT molecular complexity index is 580. The zero-order valence-corrected chi connectivity index (χ0v) is 18.5. The minimum atomic E-state index is 1.16. The van der Waals surface area contributed by atoms with E-state index < -0.39 is 0 Å². The molecule has 1 aromatic rings. The molecule has 0 saturated heterocycles. The van der Waals surface area contributed by atoms with Gasteiger partial charge in [-0.05, 0) is 54.4 Å². The minimum Gasteiger partial charge on any atom is -0.0795 e. The molecule has 0 radical (unpaired) electrons. The lowest BCUT2D eigenvalue weighted by molar-refractivity contribution is 0.527. The van der Waals surface area contributed by atoms with Gasteiger partial charge in [-0.3, -0.25) is 0 Å². The van der Waals surface area contributed by atoms with E-state index in [0.29, 0.717) is 0 Å². The molecular formula is C28H44. The molecule has 2 aliphatic carbocycles. The summed E-state index contributed by atoms with van der Waals surface area (Å²) in [6.45, 7) is 0. The van der Waals surface area contributed by atoms with E-state index >= 15 is 0 Å². The zero-order chi connectivity index (χ0) is 19.3. The van der Waals surface area contributed by atoms with Crippen LogP contribution < -0.4 is 0 Å². The van der Waals surface area contributed by atoms with Crippen molar-refractivity contribution in [2.24, 2.45) is 0 Å². The quantitative estimate of drug-likeness (QED) is 0.421. The van der Waals surface area contributed by atoms with Crippen LogP contribution in [0.4, 0.5) is 0 Å². The first kappa shape index (κ1) is 21.7. The molecule has 0 unspecified atom stereocenters. The van der Waals surface area contributed by atoms with Gasteiger partial charge < -0.3 is 0 Å². The molecule has 0 N–H and O–H groups in total. The predicted molar refractivity (Wildman–Crippen MR) is 125 cm³/mol. The maximum Gasteiger partial charge on any atom is -0.00881 e. The van der Waals surface area contributed by atoms with Crippen LogP contribution in [0.1, 0.15) is 131 Å². The molecular weight excluding hydrogens is 336 g/mol. The van der Waals surface area contributed by atoms with Crippen LogP contribution in [-0.2, 0) is 19.3 Å². The molecule has 0 aromatic heterocycles. The molecule has 2 aliphatic rings. The van der Waals surface area contributed by atoms with Gasteiger partial charge in [0.2, 0.25) is 0 Å². The normalized spacial score (nSPS) is 21.4. The highest BCUT2D eigenvalue weighted by atomic mass is 14.2. The third-order valence-corrected chi connectivity index (χ3v) is 6.99. The van der Waals surface area contributed by atoms with E-state index in [9.17, 15) is 0 Å². The van der Waals surface area contributed by atoms with Crippen LogP contribution in [0.15, 0.2) is 18.2 Å². The number of allylic oxidation sites excluding steroid dienone is 1. The molecule has 28 heavy (non-hydrogen) atoms. The van der Waals surface area contributed by atoms with Crippen molar-refractivity contribution in [2.75, 3.05) is 0 Å². The maximum atomic E-state index is 2.56. The number of benzene rings is 1. The smallest absolute Gasteiger partial charge is 0.00881 e. The Morgan fingerprint density at radius 1 is 0.393 bits per heavy atom. The van der Waals surface area contributed by atoms with Crippen LogP contribution in [-0.4, -0.2) is 0 Å². The van der Waals surface area contributed by atoms with Crippen LogP contribution in [0.25, 0.3) is 6.08 Å². The second-order valence-electron chi connectivity index (χ2n) is 9.44. The van der Waals surface area contributed by atoms with E-state index in [4.69, 9.17) is 0 Å². The van der Waals surface area contributed by atoms with Gasteiger partial charge in [0, 0.05) is 0 Å². The van der Waals surface area contributed by atoms with Gasteiger partial charge in [0.15, 0.2) is 0 Å². The van der Waals surface area contributed by atoms with E-state index in [1.54, 1.807) is 16.7 Å². The van der Waals surface area contributed by atoms with Crippen molar-refractivity contribution in [2.45, 2.75) is 128 Å². The molecule has 0 amide bonds. The van der Waals surface area contributed by atoms with Crippen molar-refractivity contribution >= 4 is 6.08 Å². The van der Waals surface area contributed by atoms with Gasteiger partial charge in [0.05, 0.1) is 0 Å². The highest BCUT2D eigenvalue weighted by molar-refractivity contribution is 5.62. The number of rotatable bonds is 0. The van der Waals surface area contributed by atoms with Crippen LogP contribution in [0.2, 0.25) is 0 Å². The van der Waals surface area contributed by atoms with Crippen LogP contribution in [0, 0.1) is 0 Å². The van der Waals surface area contributed by atoms with E-state index in [0.717, 1.165) is 6.42 Å². The average Bonchev–Trinajstić information content (AvgIpc) is 3.16. The van der Waals surface area contributed by atoms with Crippen molar-refractivity contribution in [3.63, 3.8) is 0 Å². The van der Waals surface area contributed by atoms with Crippen LogP contribution >= 0.6 is 0 Å². The number of aryl methyl sites for hydroxylation is 2. The van der Waals surface area contributed by atoms with E-state index in [1.807, 2.05) is 0 Å². The fraction of sp³-hybridized carbons (Fsp3) is 0.714. The second kappa shape index (κ2) is 13.2. The van der Waals surface area contributed by atoms with Gasteiger partial charge in [-0.15, -0.1) is 0 Å². The average molecular weight is 381 g/mol. The molecule has 1 aromatic carbocycles. The van der Waals surface area contributed by atoms with Gasteiger partial charge in [-0.1, -0.05) is 121 Å². The molecule has 0 saturated carbocycles. The summed E-state index contributed by atoms with van der Waals surface area (Å²) in [6.07, 6.45) is 33.2. The Kier molecular flexibility index (Phi) is 10.2.